The molecule has 0 unspecified atom stereocenters. The van der Waals surface area contributed by atoms with E-state index in [1.807, 2.05) is 0 Å². The van der Waals surface area contributed by atoms with E-state index < -0.39 is 0 Å². The van der Waals surface area contributed by atoms with Gasteiger partial charge in [0.25, 0.3) is 0 Å². The standard InChI is InChI=1S/2C10H10FNO2.2ClH.H2O/c2*11-6-2-1-3-7-10(6)14-9-5-12-4-8(9)13-7;;;/h2*1-3,8-9,12H,4-5H2;2*1H;1H2/t2*8-,9-;;;/m00.../s1. The van der Waals surface area contributed by atoms with E-state index in [0.717, 1.165) is 26.2 Å². The monoisotopic (exact) mass is 480 g/mol. The van der Waals surface area contributed by atoms with Crippen molar-refractivity contribution in [1.29, 1.82) is 0 Å². The van der Waals surface area contributed by atoms with Gasteiger partial charge in [0.2, 0.25) is 0 Å². The van der Waals surface area contributed by atoms with Gasteiger partial charge in [0, 0.05) is 26.2 Å². The molecule has 2 aromatic carbocycles. The van der Waals surface area contributed by atoms with Crippen LogP contribution in [0.3, 0.4) is 0 Å². The molecule has 7 nitrogen and oxygen atoms in total. The quantitative estimate of drug-likeness (QED) is 0.598. The molecule has 4 aliphatic heterocycles. The predicted octanol–water partition coefficient (Wildman–Crippen LogP) is 1.89. The molecule has 0 radical (unpaired) electrons. The van der Waals surface area contributed by atoms with E-state index >= 15 is 0 Å². The summed E-state index contributed by atoms with van der Waals surface area (Å²) in [5, 5.41) is 6.29. The molecule has 0 bridgehead atoms. The van der Waals surface area contributed by atoms with Crippen molar-refractivity contribution in [2.75, 3.05) is 26.2 Å². The first-order valence-corrected chi connectivity index (χ1v) is 9.34. The lowest BCUT2D eigenvalue weighted by Crippen LogP contribution is -2.38. The van der Waals surface area contributed by atoms with Gasteiger partial charge in [-0.15, -0.1) is 24.8 Å². The average Bonchev–Trinajstić information content (AvgIpc) is 3.35. The van der Waals surface area contributed by atoms with E-state index in [-0.39, 0.29) is 77.8 Å². The van der Waals surface area contributed by atoms with E-state index in [4.69, 9.17) is 18.9 Å². The molecule has 172 valence electrons. The van der Waals surface area contributed by atoms with Crippen LogP contribution < -0.4 is 29.6 Å². The highest BCUT2D eigenvalue weighted by Gasteiger charge is 2.37. The van der Waals surface area contributed by atoms with E-state index in [1.165, 1.54) is 12.1 Å². The maximum absolute atomic E-state index is 13.3. The Kier molecular flexibility index (Phi) is 8.56. The molecular formula is C20H24Cl2F2N2O5. The molecule has 4 aliphatic rings. The zero-order chi connectivity index (χ0) is 19.1. The number of hydrogen-bond acceptors (Lipinski definition) is 6. The van der Waals surface area contributed by atoms with Crippen molar-refractivity contribution in [3.8, 4) is 23.0 Å². The molecule has 2 saturated heterocycles. The number of benzene rings is 2. The Morgan fingerprint density at radius 3 is 1.35 bits per heavy atom. The van der Waals surface area contributed by atoms with Crippen molar-refractivity contribution in [3.05, 3.63) is 48.0 Å². The number of ether oxygens (including phenoxy) is 4. The lowest BCUT2D eigenvalue weighted by Gasteiger charge is -2.28. The molecule has 4 atom stereocenters. The lowest BCUT2D eigenvalue weighted by molar-refractivity contribution is 0.0510. The van der Waals surface area contributed by atoms with Crippen LogP contribution in [-0.2, 0) is 0 Å². The molecule has 6 rings (SSSR count). The Morgan fingerprint density at radius 2 is 0.968 bits per heavy atom. The third kappa shape index (κ3) is 4.91. The zero-order valence-corrected chi connectivity index (χ0v) is 17.9. The van der Waals surface area contributed by atoms with Crippen LogP contribution in [0.5, 0.6) is 23.0 Å². The molecule has 0 amide bonds. The average molecular weight is 481 g/mol. The van der Waals surface area contributed by atoms with Gasteiger partial charge in [-0.1, -0.05) is 12.1 Å². The van der Waals surface area contributed by atoms with Gasteiger partial charge in [-0.25, -0.2) is 8.78 Å². The minimum absolute atomic E-state index is 0. The van der Waals surface area contributed by atoms with Crippen LogP contribution in [0, 0.1) is 11.6 Å². The smallest absolute Gasteiger partial charge is 0.197 e. The van der Waals surface area contributed by atoms with Crippen molar-refractivity contribution >= 4 is 24.8 Å². The molecular weight excluding hydrogens is 457 g/mol. The van der Waals surface area contributed by atoms with Gasteiger partial charge in [0.1, 0.15) is 24.4 Å². The number of hydrogen-bond donors (Lipinski definition) is 2. The highest BCUT2D eigenvalue weighted by Crippen LogP contribution is 2.37. The Morgan fingerprint density at radius 1 is 0.613 bits per heavy atom. The molecule has 4 heterocycles. The second-order valence-corrected chi connectivity index (χ2v) is 7.08. The molecule has 2 fully saturated rings. The van der Waals surface area contributed by atoms with Crippen molar-refractivity contribution in [2.24, 2.45) is 0 Å². The number of halogens is 4. The summed E-state index contributed by atoms with van der Waals surface area (Å²) in [5.74, 6) is 0.806. The molecule has 2 aromatic rings. The van der Waals surface area contributed by atoms with E-state index in [1.54, 1.807) is 24.3 Å². The third-order valence-corrected chi connectivity index (χ3v) is 5.17. The first-order valence-electron chi connectivity index (χ1n) is 9.34. The van der Waals surface area contributed by atoms with Crippen LogP contribution in [0.1, 0.15) is 0 Å². The van der Waals surface area contributed by atoms with Crippen molar-refractivity contribution in [3.63, 3.8) is 0 Å². The summed E-state index contributed by atoms with van der Waals surface area (Å²) >= 11 is 0. The number of rotatable bonds is 0. The zero-order valence-electron chi connectivity index (χ0n) is 16.3. The van der Waals surface area contributed by atoms with Gasteiger partial charge >= 0.3 is 0 Å². The summed E-state index contributed by atoms with van der Waals surface area (Å²) in [4.78, 5) is 0. The van der Waals surface area contributed by atoms with Gasteiger partial charge in [0.15, 0.2) is 34.6 Å². The minimum Gasteiger partial charge on any atom is -0.481 e. The SMILES string of the molecule is Cl.Cl.Fc1cccc2c1O[C@H]1CNC[C@@H]1O2.Fc1cccc2c1O[C@H]1CNC[C@@H]1O2.O. The van der Waals surface area contributed by atoms with Crippen LogP contribution in [0.25, 0.3) is 0 Å². The summed E-state index contributed by atoms with van der Waals surface area (Å²) in [6.45, 7) is 2.97. The minimum atomic E-state index is -0.354. The summed E-state index contributed by atoms with van der Waals surface area (Å²) in [6.07, 6.45) is -0.0765. The number of fused-ring (bicyclic) bond motifs is 4. The molecule has 4 N–H and O–H groups in total. The fourth-order valence-electron chi connectivity index (χ4n) is 3.75. The third-order valence-electron chi connectivity index (χ3n) is 5.17. The summed E-state index contributed by atoms with van der Waals surface area (Å²) in [6, 6.07) is 9.47. The second-order valence-electron chi connectivity index (χ2n) is 7.08. The Bertz CT molecular complexity index is 823. The van der Waals surface area contributed by atoms with Gasteiger partial charge in [0.05, 0.1) is 0 Å². The highest BCUT2D eigenvalue weighted by atomic mass is 35.5. The van der Waals surface area contributed by atoms with Crippen LogP contribution in [-0.4, -0.2) is 56.1 Å². The molecule has 31 heavy (non-hydrogen) atoms. The Labute approximate surface area is 190 Å². The van der Waals surface area contributed by atoms with Crippen LogP contribution in [0.2, 0.25) is 0 Å². The first-order chi connectivity index (χ1) is 13.7. The van der Waals surface area contributed by atoms with Crippen molar-refractivity contribution in [1.82, 2.24) is 10.6 Å². The maximum Gasteiger partial charge on any atom is 0.197 e. The normalized spacial score (nSPS) is 25.9. The van der Waals surface area contributed by atoms with Crippen molar-refractivity contribution < 1.29 is 33.2 Å². The van der Waals surface area contributed by atoms with Gasteiger partial charge in [-0.3, -0.25) is 0 Å². The molecule has 0 aliphatic carbocycles. The number of nitrogens with one attached hydrogen (secondary N) is 2. The van der Waals surface area contributed by atoms with Crippen LogP contribution >= 0.6 is 24.8 Å². The Hall–Kier alpha value is -2.04. The highest BCUT2D eigenvalue weighted by molar-refractivity contribution is 5.85. The van der Waals surface area contributed by atoms with E-state index in [2.05, 4.69) is 10.6 Å². The van der Waals surface area contributed by atoms with Gasteiger partial charge in [-0.05, 0) is 24.3 Å². The van der Waals surface area contributed by atoms with Gasteiger partial charge < -0.3 is 35.1 Å². The number of para-hydroxylation sites is 2. The molecule has 11 heteroatoms. The topological polar surface area (TPSA) is 92.5 Å². The van der Waals surface area contributed by atoms with E-state index in [0.29, 0.717) is 11.5 Å². The predicted molar refractivity (Wildman–Crippen MR) is 114 cm³/mol. The van der Waals surface area contributed by atoms with Crippen molar-refractivity contribution in [2.45, 2.75) is 24.4 Å². The molecule has 0 aromatic heterocycles. The first kappa shape index (κ1) is 25.2. The second kappa shape index (κ2) is 10.5. The fourth-order valence-corrected chi connectivity index (χ4v) is 3.75. The maximum atomic E-state index is 13.3. The van der Waals surface area contributed by atoms with Crippen LogP contribution in [0.15, 0.2) is 36.4 Å². The molecule has 0 spiro atoms. The van der Waals surface area contributed by atoms with E-state index in [9.17, 15) is 8.78 Å². The van der Waals surface area contributed by atoms with Gasteiger partial charge in [-0.2, -0.15) is 0 Å². The largest absolute Gasteiger partial charge is 0.481 e. The van der Waals surface area contributed by atoms with Crippen LogP contribution in [0.4, 0.5) is 8.78 Å². The lowest BCUT2D eigenvalue weighted by atomic mass is 10.2. The summed E-state index contributed by atoms with van der Waals surface area (Å²) in [5.41, 5.74) is 0. The Balaban J connectivity index is 0.000000201. The summed E-state index contributed by atoms with van der Waals surface area (Å²) in [7, 11) is 0. The fraction of sp³-hybridized carbons (Fsp3) is 0.400. The molecule has 0 saturated carbocycles. The summed E-state index contributed by atoms with van der Waals surface area (Å²) < 4.78 is 48.9.